The molecular formula is C27H39NO6S. The lowest BCUT2D eigenvalue weighted by Crippen LogP contribution is -2.45. The normalized spacial score (nSPS) is 37.0. The van der Waals surface area contributed by atoms with E-state index in [0.29, 0.717) is 12.8 Å². The smallest absolute Gasteiger partial charge is 0.309 e. The topological polar surface area (TPSA) is 109 Å². The minimum atomic E-state index is -1.25. The first-order chi connectivity index (χ1) is 16.2. The first-order valence-electron chi connectivity index (χ1n) is 12.3. The molecule has 7 atom stereocenters. The summed E-state index contributed by atoms with van der Waals surface area (Å²) in [6.45, 7) is 12.6. The number of carbonyl (C=O) groups excluding carboxylic acids is 2. The Bertz CT molecular complexity index is 998. The van der Waals surface area contributed by atoms with E-state index in [-0.39, 0.29) is 29.8 Å². The van der Waals surface area contributed by atoms with Crippen LogP contribution < -0.4 is 0 Å². The number of fused-ring (bicyclic) bond motifs is 1. The van der Waals surface area contributed by atoms with Crippen molar-refractivity contribution in [1.29, 1.82) is 0 Å². The Morgan fingerprint density at radius 3 is 2.54 bits per heavy atom. The number of hydrogen-bond donors (Lipinski definition) is 2. The number of esters is 1. The van der Waals surface area contributed by atoms with Gasteiger partial charge < -0.3 is 19.7 Å². The van der Waals surface area contributed by atoms with Crippen molar-refractivity contribution in [2.75, 3.05) is 0 Å². The lowest BCUT2D eigenvalue weighted by Gasteiger charge is -2.34. The second-order valence-electron chi connectivity index (χ2n) is 10.9. The summed E-state index contributed by atoms with van der Waals surface area (Å²) in [4.78, 5) is 30.6. The van der Waals surface area contributed by atoms with Crippen molar-refractivity contribution in [1.82, 2.24) is 4.98 Å². The summed E-state index contributed by atoms with van der Waals surface area (Å²) in [6.07, 6.45) is 3.84. The molecule has 0 bridgehead atoms. The number of hydrogen-bond acceptors (Lipinski definition) is 8. The van der Waals surface area contributed by atoms with Gasteiger partial charge in [0.2, 0.25) is 0 Å². The van der Waals surface area contributed by atoms with Gasteiger partial charge in [0.1, 0.15) is 11.9 Å². The molecule has 0 aromatic carbocycles. The summed E-state index contributed by atoms with van der Waals surface area (Å²) in [5.41, 5.74) is 0.0391. The van der Waals surface area contributed by atoms with Gasteiger partial charge in [-0.15, -0.1) is 11.3 Å². The quantitative estimate of drug-likeness (QED) is 0.351. The van der Waals surface area contributed by atoms with Crippen LogP contribution in [0.2, 0.25) is 0 Å². The van der Waals surface area contributed by atoms with Crippen molar-refractivity contribution in [3.8, 4) is 0 Å². The number of cyclic esters (lactones) is 1. The van der Waals surface area contributed by atoms with Gasteiger partial charge in [0.15, 0.2) is 0 Å². The molecule has 1 aromatic heterocycles. The Labute approximate surface area is 212 Å². The third kappa shape index (κ3) is 6.47. The summed E-state index contributed by atoms with van der Waals surface area (Å²) < 4.78 is 11.9. The molecule has 1 aromatic rings. The van der Waals surface area contributed by atoms with Gasteiger partial charge in [0, 0.05) is 23.6 Å². The van der Waals surface area contributed by atoms with E-state index in [4.69, 9.17) is 9.47 Å². The van der Waals surface area contributed by atoms with Crippen LogP contribution in [0, 0.1) is 24.2 Å². The number of aliphatic hydroxyl groups is 2. The number of Topliss-reactive ketones (excluding diaryl/α,β-unsaturated/α-hetero) is 1. The fourth-order valence-corrected chi connectivity index (χ4v) is 5.24. The highest BCUT2D eigenvalue weighted by Gasteiger charge is 2.52. The second kappa shape index (κ2) is 10.6. The monoisotopic (exact) mass is 505 g/mol. The lowest BCUT2D eigenvalue weighted by atomic mass is 9.73. The lowest BCUT2D eigenvalue weighted by molar-refractivity contribution is -0.154. The van der Waals surface area contributed by atoms with Gasteiger partial charge >= 0.3 is 5.97 Å². The van der Waals surface area contributed by atoms with Crippen LogP contribution >= 0.6 is 11.3 Å². The maximum absolute atomic E-state index is 13.2. The number of epoxide rings is 1. The number of nitrogens with zero attached hydrogens (tertiary/aromatic N) is 1. The molecule has 0 spiro atoms. The molecule has 1 saturated heterocycles. The Morgan fingerprint density at radius 2 is 1.91 bits per heavy atom. The van der Waals surface area contributed by atoms with Crippen LogP contribution in [0.25, 0.3) is 6.08 Å². The third-order valence-corrected chi connectivity index (χ3v) is 8.30. The van der Waals surface area contributed by atoms with Crippen LogP contribution in [0.5, 0.6) is 0 Å². The van der Waals surface area contributed by atoms with Crippen molar-refractivity contribution < 1.29 is 29.3 Å². The van der Waals surface area contributed by atoms with Gasteiger partial charge in [-0.3, -0.25) is 9.59 Å². The summed E-state index contributed by atoms with van der Waals surface area (Å²) in [5.74, 6) is -1.83. The highest BCUT2D eigenvalue weighted by Crippen LogP contribution is 2.44. The molecule has 0 radical (unpaired) electrons. The number of ketones is 1. The molecule has 194 valence electrons. The van der Waals surface area contributed by atoms with Crippen LogP contribution in [0.4, 0.5) is 0 Å². The minimum absolute atomic E-state index is 0.0968. The Balaban J connectivity index is 1.89. The molecule has 8 heteroatoms. The summed E-state index contributed by atoms with van der Waals surface area (Å²) in [6, 6.07) is 0. The zero-order valence-electron chi connectivity index (χ0n) is 21.8. The molecule has 0 aliphatic carbocycles. The van der Waals surface area contributed by atoms with Gasteiger partial charge in [0.25, 0.3) is 0 Å². The van der Waals surface area contributed by atoms with Crippen LogP contribution in [0.3, 0.4) is 0 Å². The van der Waals surface area contributed by atoms with Gasteiger partial charge in [-0.05, 0) is 38.8 Å². The highest BCUT2D eigenvalue weighted by atomic mass is 32.1. The molecule has 2 aliphatic heterocycles. The van der Waals surface area contributed by atoms with Gasteiger partial charge in [0.05, 0.1) is 46.5 Å². The Kier molecular flexibility index (Phi) is 8.41. The highest BCUT2D eigenvalue weighted by molar-refractivity contribution is 7.09. The number of thiazole rings is 1. The molecule has 0 amide bonds. The fourth-order valence-electron chi connectivity index (χ4n) is 4.67. The fraction of sp³-hybridized carbons (Fsp3) is 0.667. The Hall–Kier alpha value is -1.87. The first-order valence-corrected chi connectivity index (χ1v) is 13.2. The van der Waals surface area contributed by atoms with Gasteiger partial charge in [-0.25, -0.2) is 4.98 Å². The standard InChI is InChI=1S/C27H39NO6S/c1-15-9-8-10-27(7)22(34-27)12-20(16(2)11-19-14-35-18(4)28-19)33-23(30)13-21(29)26(5,6)25(32)17(3)24(15)31/h8-9,11,14-15,17,20-22,24,29,31H,10,12-13H2,1-7H3/t15-,17?,20?,21-,22+,24-,27-/m0/s1. The summed E-state index contributed by atoms with van der Waals surface area (Å²) >= 11 is 1.55. The number of aliphatic hydroxyl groups excluding tert-OH is 2. The first kappa shape index (κ1) is 27.7. The molecule has 3 rings (SSSR count). The van der Waals surface area contributed by atoms with Crippen molar-refractivity contribution in [3.63, 3.8) is 0 Å². The van der Waals surface area contributed by atoms with E-state index in [2.05, 4.69) is 4.98 Å². The molecule has 3 heterocycles. The van der Waals surface area contributed by atoms with E-state index < -0.39 is 35.6 Å². The average molecular weight is 506 g/mol. The van der Waals surface area contributed by atoms with Crippen LogP contribution in [-0.2, 0) is 19.1 Å². The number of aryl methyl sites for hydroxylation is 1. The van der Waals surface area contributed by atoms with E-state index in [1.54, 1.807) is 32.1 Å². The minimum Gasteiger partial charge on any atom is -0.458 e. The number of carbonyl (C=O) groups is 2. The molecule has 35 heavy (non-hydrogen) atoms. The molecule has 2 unspecified atom stereocenters. The summed E-state index contributed by atoms with van der Waals surface area (Å²) in [7, 11) is 0. The zero-order valence-corrected chi connectivity index (χ0v) is 22.6. The van der Waals surface area contributed by atoms with Gasteiger partial charge in [-0.2, -0.15) is 0 Å². The molecule has 2 N–H and O–H groups in total. The van der Waals surface area contributed by atoms with Gasteiger partial charge in [-0.1, -0.05) is 39.8 Å². The maximum Gasteiger partial charge on any atom is 0.309 e. The largest absolute Gasteiger partial charge is 0.458 e. The number of rotatable bonds is 2. The van der Waals surface area contributed by atoms with Crippen LogP contribution in [0.15, 0.2) is 23.1 Å². The molecule has 1 fully saturated rings. The number of aromatic nitrogens is 1. The average Bonchev–Trinajstić information content (AvgIpc) is 3.22. The Morgan fingerprint density at radius 1 is 1.23 bits per heavy atom. The van der Waals surface area contributed by atoms with Crippen molar-refractivity contribution in [2.24, 2.45) is 17.3 Å². The third-order valence-electron chi connectivity index (χ3n) is 7.51. The number of ether oxygens (including phenoxy) is 2. The predicted octanol–water partition coefficient (Wildman–Crippen LogP) is 4.25. The van der Waals surface area contributed by atoms with Crippen molar-refractivity contribution in [2.45, 2.75) is 97.7 Å². The van der Waals surface area contributed by atoms with Crippen molar-refractivity contribution >= 4 is 29.2 Å². The molecular weight excluding hydrogens is 466 g/mol. The van der Waals surface area contributed by atoms with E-state index in [1.807, 2.05) is 51.3 Å². The van der Waals surface area contributed by atoms with E-state index in [1.165, 1.54) is 0 Å². The second-order valence-corrected chi connectivity index (χ2v) is 12.0. The SMILES string of the molecule is CC(=Cc1csc(C)n1)C1C[C@H]2O[C@@]2(C)CC=C[C@H](C)[C@H](O)C(C)C(=O)C(C)(C)[C@@H](O)CC(=O)O1. The maximum atomic E-state index is 13.2. The van der Waals surface area contributed by atoms with E-state index in [9.17, 15) is 19.8 Å². The van der Waals surface area contributed by atoms with E-state index >= 15 is 0 Å². The van der Waals surface area contributed by atoms with Crippen molar-refractivity contribution in [3.05, 3.63) is 33.8 Å². The summed E-state index contributed by atoms with van der Waals surface area (Å²) in [5, 5.41) is 24.5. The van der Waals surface area contributed by atoms with Crippen LogP contribution in [0.1, 0.15) is 71.5 Å². The predicted molar refractivity (Wildman–Crippen MR) is 136 cm³/mol. The molecule has 0 saturated carbocycles. The van der Waals surface area contributed by atoms with Crippen LogP contribution in [-0.4, -0.2) is 57.0 Å². The molecule has 2 aliphatic rings. The van der Waals surface area contributed by atoms with E-state index in [0.717, 1.165) is 16.3 Å². The zero-order chi connectivity index (χ0) is 26.1. The molecule has 7 nitrogen and oxygen atoms in total.